The third kappa shape index (κ3) is 4.59. The Balaban J connectivity index is 1.28. The Morgan fingerprint density at radius 3 is 2.71 bits per heavy atom. The van der Waals surface area contributed by atoms with E-state index in [9.17, 15) is 0 Å². The second-order valence-electron chi connectivity index (χ2n) is 10.1. The van der Waals surface area contributed by atoms with Crippen LogP contribution in [0.4, 0.5) is 23.1 Å². The molecule has 0 amide bonds. The SMILES string of the molecule is CC(Nc1nccc([N+]2(NCC3CCCN3CC3CC3)C=Nc3ccccc32)n1)c1ccccc1. The molecule has 35 heavy (non-hydrogen) atoms. The Hall–Kier alpha value is -3.13. The summed E-state index contributed by atoms with van der Waals surface area (Å²) in [5.74, 6) is 2.39. The molecule has 0 radical (unpaired) electrons. The van der Waals surface area contributed by atoms with Crippen molar-refractivity contribution in [3.05, 3.63) is 72.4 Å². The maximum atomic E-state index is 5.00. The fourth-order valence-electron chi connectivity index (χ4n) is 5.35. The molecule has 1 aromatic heterocycles. The van der Waals surface area contributed by atoms with Gasteiger partial charge in [-0.05, 0) is 56.7 Å². The van der Waals surface area contributed by atoms with Gasteiger partial charge in [-0.15, -0.1) is 10.0 Å². The molecule has 7 heteroatoms. The van der Waals surface area contributed by atoms with Gasteiger partial charge in [0, 0.05) is 30.9 Å². The monoisotopic (exact) mass is 468 g/mol. The van der Waals surface area contributed by atoms with Gasteiger partial charge in [-0.25, -0.2) is 4.98 Å². The van der Waals surface area contributed by atoms with E-state index in [1.165, 1.54) is 44.3 Å². The summed E-state index contributed by atoms with van der Waals surface area (Å²) in [7, 11) is 0. The Labute approximate surface area is 207 Å². The molecule has 3 aliphatic rings. The zero-order valence-electron chi connectivity index (χ0n) is 20.3. The van der Waals surface area contributed by atoms with E-state index in [0.717, 1.165) is 29.7 Å². The molecule has 1 saturated heterocycles. The van der Waals surface area contributed by atoms with Crippen molar-refractivity contribution in [1.29, 1.82) is 0 Å². The number of likely N-dealkylation sites (tertiary alicyclic amines) is 1. The minimum absolute atomic E-state index is 0.0989. The van der Waals surface area contributed by atoms with Gasteiger partial charge in [0.05, 0.1) is 12.6 Å². The maximum absolute atomic E-state index is 5.00. The number of anilines is 1. The predicted octanol–water partition coefficient (Wildman–Crippen LogP) is 5.34. The molecule has 3 unspecified atom stereocenters. The molecule has 1 saturated carbocycles. The number of quaternary nitrogens is 1. The van der Waals surface area contributed by atoms with Gasteiger partial charge >= 0.3 is 0 Å². The molecule has 2 aliphatic heterocycles. The molecule has 2 aromatic carbocycles. The summed E-state index contributed by atoms with van der Waals surface area (Å²) in [6.07, 6.45) is 9.14. The van der Waals surface area contributed by atoms with Crippen LogP contribution in [0.5, 0.6) is 0 Å². The van der Waals surface area contributed by atoms with Crippen LogP contribution < -0.4 is 15.3 Å². The van der Waals surface area contributed by atoms with E-state index in [1.54, 1.807) is 0 Å². The van der Waals surface area contributed by atoms with Crippen molar-refractivity contribution in [3.63, 3.8) is 0 Å². The van der Waals surface area contributed by atoms with Crippen molar-refractivity contribution < 1.29 is 0 Å². The molecule has 0 bridgehead atoms. The summed E-state index contributed by atoms with van der Waals surface area (Å²) in [6.45, 7) is 5.48. The van der Waals surface area contributed by atoms with Crippen LogP contribution in [0.2, 0.25) is 0 Å². The molecule has 3 atom stereocenters. The van der Waals surface area contributed by atoms with Gasteiger partial charge in [-0.1, -0.05) is 42.5 Å². The largest absolute Gasteiger partial charge is 0.348 e. The van der Waals surface area contributed by atoms with Crippen LogP contribution in [-0.4, -0.2) is 46.9 Å². The van der Waals surface area contributed by atoms with Gasteiger partial charge in [0.25, 0.3) is 5.82 Å². The van der Waals surface area contributed by atoms with Crippen LogP contribution >= 0.6 is 0 Å². The van der Waals surface area contributed by atoms with Crippen LogP contribution in [-0.2, 0) is 0 Å². The predicted molar refractivity (Wildman–Crippen MR) is 142 cm³/mol. The lowest BCUT2D eigenvalue weighted by Gasteiger charge is -2.32. The van der Waals surface area contributed by atoms with Gasteiger partial charge in [-0.2, -0.15) is 9.98 Å². The summed E-state index contributed by atoms with van der Waals surface area (Å²) in [4.78, 5) is 17.0. The number of para-hydroxylation sites is 2. The molecular formula is C28H34N7+. The van der Waals surface area contributed by atoms with Crippen molar-refractivity contribution in [3.8, 4) is 0 Å². The number of benzene rings is 2. The number of nitrogens with one attached hydrogen (secondary N) is 2. The summed E-state index contributed by atoms with van der Waals surface area (Å²) in [6, 6.07) is 21.4. The molecule has 2 N–H and O–H groups in total. The van der Waals surface area contributed by atoms with E-state index >= 15 is 0 Å². The van der Waals surface area contributed by atoms with Crippen LogP contribution in [0, 0.1) is 5.92 Å². The van der Waals surface area contributed by atoms with Crippen molar-refractivity contribution >= 4 is 29.5 Å². The topological polar surface area (TPSA) is 65.4 Å². The Kier molecular flexibility index (Phi) is 6.06. The van der Waals surface area contributed by atoms with Crippen molar-refractivity contribution in [1.82, 2.24) is 24.9 Å². The normalized spacial score (nSPS) is 24.4. The van der Waals surface area contributed by atoms with E-state index in [2.05, 4.69) is 70.0 Å². The molecule has 0 spiro atoms. The zero-order chi connectivity index (χ0) is 23.7. The maximum Gasteiger partial charge on any atom is 0.263 e. The molecule has 3 aromatic rings. The number of aromatic nitrogens is 2. The number of hydrogen-bond acceptors (Lipinski definition) is 6. The summed E-state index contributed by atoms with van der Waals surface area (Å²) < 4.78 is 0.306. The van der Waals surface area contributed by atoms with Crippen molar-refractivity contribution in [2.24, 2.45) is 10.9 Å². The number of aliphatic imine (C=N–C) groups is 1. The molecule has 7 nitrogen and oxygen atoms in total. The quantitative estimate of drug-likeness (QED) is 0.415. The highest BCUT2D eigenvalue weighted by Crippen LogP contribution is 2.42. The lowest BCUT2D eigenvalue weighted by Crippen LogP contribution is -2.57. The van der Waals surface area contributed by atoms with Gasteiger partial charge in [0.15, 0.2) is 5.69 Å². The molecule has 1 aliphatic carbocycles. The number of rotatable bonds is 9. The Morgan fingerprint density at radius 2 is 1.86 bits per heavy atom. The average Bonchev–Trinajstić information content (AvgIpc) is 3.48. The first-order valence-corrected chi connectivity index (χ1v) is 12.9. The second-order valence-corrected chi connectivity index (χ2v) is 10.1. The van der Waals surface area contributed by atoms with Gasteiger partial charge in [-0.3, -0.25) is 4.90 Å². The Morgan fingerprint density at radius 1 is 1.03 bits per heavy atom. The second kappa shape index (κ2) is 9.49. The molecule has 6 rings (SSSR count). The first kappa shape index (κ1) is 22.3. The van der Waals surface area contributed by atoms with Crippen LogP contribution in [0.3, 0.4) is 0 Å². The van der Waals surface area contributed by atoms with Gasteiger partial charge < -0.3 is 5.32 Å². The summed E-state index contributed by atoms with van der Waals surface area (Å²) in [5.41, 5.74) is 7.15. The van der Waals surface area contributed by atoms with Crippen LogP contribution in [0.1, 0.15) is 44.2 Å². The first-order chi connectivity index (χ1) is 17.2. The smallest absolute Gasteiger partial charge is 0.263 e. The van der Waals surface area contributed by atoms with E-state index in [4.69, 9.17) is 9.98 Å². The standard InChI is InChI=1S/C28H34N7/c1-21(23-8-3-2-4-9-23)32-28-29-16-15-27(33-28)35(20-30-25-11-5-6-12-26(25)35)31-18-24-10-7-17-34(24)19-22-13-14-22/h2-6,8-9,11-12,15-16,20-22,24,31H,7,10,13-14,17-19H2,1H3,(H,29,32,33)/q+1. The third-order valence-corrected chi connectivity index (χ3v) is 7.54. The Bertz CT molecular complexity index is 1190. The highest BCUT2D eigenvalue weighted by atomic mass is 15.7. The highest BCUT2D eigenvalue weighted by Gasteiger charge is 2.42. The van der Waals surface area contributed by atoms with E-state index in [1.807, 2.05) is 30.7 Å². The van der Waals surface area contributed by atoms with Gasteiger partial charge in [0.2, 0.25) is 12.3 Å². The molecule has 3 heterocycles. The van der Waals surface area contributed by atoms with E-state index < -0.39 is 0 Å². The minimum atomic E-state index is 0.0989. The van der Waals surface area contributed by atoms with Crippen molar-refractivity contribution in [2.45, 2.75) is 44.7 Å². The molecule has 180 valence electrons. The zero-order valence-corrected chi connectivity index (χ0v) is 20.3. The fourth-order valence-corrected chi connectivity index (χ4v) is 5.35. The third-order valence-electron chi connectivity index (χ3n) is 7.54. The number of nitrogens with zero attached hydrogens (tertiary/aromatic N) is 5. The number of hydrogen-bond donors (Lipinski definition) is 2. The van der Waals surface area contributed by atoms with Gasteiger partial charge in [0.1, 0.15) is 5.69 Å². The van der Waals surface area contributed by atoms with Crippen molar-refractivity contribution in [2.75, 3.05) is 25.0 Å². The van der Waals surface area contributed by atoms with Crippen LogP contribution in [0.25, 0.3) is 0 Å². The highest BCUT2D eigenvalue weighted by molar-refractivity contribution is 5.93. The first-order valence-electron chi connectivity index (χ1n) is 12.9. The number of fused-ring (bicyclic) bond motifs is 1. The minimum Gasteiger partial charge on any atom is -0.348 e. The van der Waals surface area contributed by atoms with Crippen LogP contribution in [0.15, 0.2) is 71.9 Å². The molecule has 2 fully saturated rings. The average molecular weight is 469 g/mol. The van der Waals surface area contributed by atoms with E-state index in [-0.39, 0.29) is 6.04 Å². The summed E-state index contributed by atoms with van der Waals surface area (Å²) in [5, 5.41) is 3.48. The summed E-state index contributed by atoms with van der Waals surface area (Å²) >= 11 is 0. The lowest BCUT2D eigenvalue weighted by atomic mass is 10.1. The van der Waals surface area contributed by atoms with E-state index in [0.29, 0.717) is 16.6 Å². The molecular weight excluding hydrogens is 434 g/mol. The fraction of sp³-hybridized carbons (Fsp3) is 0.393. The lowest BCUT2D eigenvalue weighted by molar-refractivity contribution is 0.221.